The van der Waals surface area contributed by atoms with Gasteiger partial charge in [0.1, 0.15) is 0 Å². The van der Waals surface area contributed by atoms with Crippen LogP contribution in [0.15, 0.2) is 18.2 Å². The molecule has 0 N–H and O–H groups in total. The van der Waals surface area contributed by atoms with E-state index in [4.69, 9.17) is 0 Å². The lowest BCUT2D eigenvalue weighted by Gasteiger charge is -2.12. The molecule has 0 saturated heterocycles. The minimum absolute atomic E-state index is 0.434. The van der Waals surface area contributed by atoms with Gasteiger partial charge in [0.05, 0.1) is 0 Å². The van der Waals surface area contributed by atoms with Crippen molar-refractivity contribution < 1.29 is 12.9 Å². The van der Waals surface area contributed by atoms with E-state index in [-0.39, 0.29) is 0 Å². The van der Waals surface area contributed by atoms with Crippen LogP contribution in [0.4, 0.5) is 12.9 Å². The summed E-state index contributed by atoms with van der Waals surface area (Å²) in [7, 11) is 0. The minimum atomic E-state index is -4.66. The lowest BCUT2D eigenvalue weighted by Crippen LogP contribution is -2.19. The van der Waals surface area contributed by atoms with E-state index in [1.807, 2.05) is 32.0 Å². The summed E-state index contributed by atoms with van der Waals surface area (Å²) in [5, 5.41) is 0. The zero-order chi connectivity index (χ0) is 11.5. The molecule has 0 atom stereocenters. The third kappa shape index (κ3) is 5.16. The minimum Gasteiger partial charge on any atom is -0.448 e. The predicted octanol–water partition coefficient (Wildman–Crippen LogP) is 3.92. The maximum Gasteiger partial charge on any atom is 0.488 e. The lowest BCUT2D eigenvalue weighted by molar-refractivity contribution is 0.485. The van der Waals surface area contributed by atoms with Crippen LogP contribution in [0.3, 0.4) is 0 Å². The SMILES string of the molecule is Cc1cc(C)cc(CSC[B-](F)(F)F)c1. The predicted molar refractivity (Wildman–Crippen MR) is 61.2 cm³/mol. The first-order valence-corrected chi connectivity index (χ1v) is 5.88. The van der Waals surface area contributed by atoms with Gasteiger partial charge in [-0.15, -0.1) is 0 Å². The highest BCUT2D eigenvalue weighted by atomic mass is 32.2. The Morgan fingerprint density at radius 1 is 1.07 bits per heavy atom. The van der Waals surface area contributed by atoms with Crippen molar-refractivity contribution in [2.45, 2.75) is 19.6 Å². The van der Waals surface area contributed by atoms with Crippen LogP contribution in [-0.2, 0) is 5.75 Å². The molecular formula is C10H13BF3S-. The van der Waals surface area contributed by atoms with Crippen molar-refractivity contribution in [1.29, 1.82) is 0 Å². The molecule has 1 aromatic carbocycles. The Bertz CT molecular complexity index is 316. The quantitative estimate of drug-likeness (QED) is 0.710. The molecular weight excluding hydrogens is 220 g/mol. The molecule has 15 heavy (non-hydrogen) atoms. The molecule has 0 aromatic heterocycles. The topological polar surface area (TPSA) is 0 Å². The zero-order valence-corrected chi connectivity index (χ0v) is 9.58. The fourth-order valence-corrected chi connectivity index (χ4v) is 2.25. The van der Waals surface area contributed by atoms with Crippen molar-refractivity contribution in [3.63, 3.8) is 0 Å². The van der Waals surface area contributed by atoms with E-state index < -0.39 is 12.6 Å². The molecule has 0 bridgehead atoms. The van der Waals surface area contributed by atoms with E-state index in [2.05, 4.69) is 0 Å². The van der Waals surface area contributed by atoms with Crippen molar-refractivity contribution in [3.05, 3.63) is 34.9 Å². The molecule has 0 unspecified atom stereocenters. The Kier molecular flexibility index (Phi) is 4.14. The fraction of sp³-hybridized carbons (Fsp3) is 0.400. The molecule has 0 saturated carbocycles. The molecule has 0 spiro atoms. The standard InChI is InChI=1S/C10H13BF3S/c1-8-3-9(2)5-10(4-8)6-15-7-11(12,13)14/h3-5H,6-7H2,1-2H3/q-1. The van der Waals surface area contributed by atoms with Crippen molar-refractivity contribution in [2.75, 3.05) is 5.65 Å². The molecule has 0 amide bonds. The van der Waals surface area contributed by atoms with Crippen molar-refractivity contribution >= 4 is 18.7 Å². The van der Waals surface area contributed by atoms with Crippen molar-refractivity contribution in [3.8, 4) is 0 Å². The fourth-order valence-electron chi connectivity index (χ4n) is 1.46. The van der Waals surface area contributed by atoms with Crippen LogP contribution in [0, 0.1) is 13.8 Å². The number of aryl methyl sites for hydroxylation is 2. The first-order valence-electron chi connectivity index (χ1n) is 4.73. The van der Waals surface area contributed by atoms with Gasteiger partial charge in [0.2, 0.25) is 0 Å². The van der Waals surface area contributed by atoms with Crippen molar-refractivity contribution in [2.24, 2.45) is 0 Å². The summed E-state index contributed by atoms with van der Waals surface area (Å²) in [6.45, 7) is -0.749. The first kappa shape index (κ1) is 12.5. The van der Waals surface area contributed by atoms with E-state index in [1.165, 1.54) is 0 Å². The molecule has 0 nitrogen and oxygen atoms in total. The maximum absolute atomic E-state index is 12.0. The van der Waals surface area contributed by atoms with Gasteiger partial charge < -0.3 is 12.9 Å². The second-order valence-corrected chi connectivity index (χ2v) is 4.75. The van der Waals surface area contributed by atoms with E-state index in [0.29, 0.717) is 5.75 Å². The molecule has 0 heterocycles. The Morgan fingerprint density at radius 3 is 2.07 bits per heavy atom. The van der Waals surface area contributed by atoms with Gasteiger partial charge in [0.25, 0.3) is 0 Å². The van der Waals surface area contributed by atoms with E-state index in [9.17, 15) is 12.9 Å². The number of hydrogen-bond donors (Lipinski definition) is 0. The lowest BCUT2D eigenvalue weighted by atomic mass is 9.98. The van der Waals surface area contributed by atoms with E-state index in [0.717, 1.165) is 28.5 Å². The average Bonchev–Trinajstić information content (AvgIpc) is 1.99. The van der Waals surface area contributed by atoms with Gasteiger partial charge in [-0.3, -0.25) is 0 Å². The van der Waals surface area contributed by atoms with Crippen LogP contribution >= 0.6 is 11.8 Å². The summed E-state index contributed by atoms with van der Waals surface area (Å²) in [6.07, 6.45) is 0. The second kappa shape index (κ2) is 4.97. The summed E-state index contributed by atoms with van der Waals surface area (Å²) in [4.78, 5) is 0. The summed E-state index contributed by atoms with van der Waals surface area (Å²) >= 11 is 0.933. The Balaban J connectivity index is 2.51. The molecule has 0 fully saturated rings. The highest BCUT2D eigenvalue weighted by molar-refractivity contribution is 7.99. The molecule has 0 radical (unpaired) electrons. The van der Waals surface area contributed by atoms with Gasteiger partial charge in [0, 0.05) is 5.75 Å². The van der Waals surface area contributed by atoms with Gasteiger partial charge in [-0.2, -0.15) is 11.8 Å². The van der Waals surface area contributed by atoms with Crippen LogP contribution in [-0.4, -0.2) is 12.6 Å². The monoisotopic (exact) mass is 233 g/mol. The van der Waals surface area contributed by atoms with Crippen LogP contribution in [0.2, 0.25) is 0 Å². The molecule has 1 aromatic rings. The van der Waals surface area contributed by atoms with Crippen LogP contribution < -0.4 is 0 Å². The smallest absolute Gasteiger partial charge is 0.448 e. The number of halogens is 3. The second-order valence-electron chi connectivity index (χ2n) is 3.72. The summed E-state index contributed by atoms with van der Waals surface area (Å²) in [5.74, 6) is 0.434. The Labute approximate surface area is 92.3 Å². The van der Waals surface area contributed by atoms with Gasteiger partial charge in [-0.05, 0) is 25.1 Å². The number of benzene rings is 1. The highest BCUT2D eigenvalue weighted by Gasteiger charge is 2.22. The third-order valence-corrected chi connectivity index (χ3v) is 3.01. The zero-order valence-electron chi connectivity index (χ0n) is 8.77. The highest BCUT2D eigenvalue weighted by Crippen LogP contribution is 2.21. The van der Waals surface area contributed by atoms with Gasteiger partial charge in [-0.1, -0.05) is 29.3 Å². The van der Waals surface area contributed by atoms with Gasteiger partial charge in [-0.25, -0.2) is 0 Å². The normalized spacial score (nSPS) is 11.8. The van der Waals surface area contributed by atoms with E-state index in [1.54, 1.807) is 0 Å². The molecule has 0 aliphatic carbocycles. The van der Waals surface area contributed by atoms with Crippen LogP contribution in [0.1, 0.15) is 16.7 Å². The van der Waals surface area contributed by atoms with Crippen molar-refractivity contribution in [1.82, 2.24) is 0 Å². The largest absolute Gasteiger partial charge is 0.488 e. The van der Waals surface area contributed by atoms with Gasteiger partial charge >= 0.3 is 6.98 Å². The Hall–Kier alpha value is -0.575. The number of hydrogen-bond acceptors (Lipinski definition) is 1. The molecule has 0 aliphatic heterocycles. The number of thioether (sulfide) groups is 1. The molecule has 1 rings (SSSR count). The third-order valence-electron chi connectivity index (χ3n) is 1.86. The van der Waals surface area contributed by atoms with E-state index >= 15 is 0 Å². The van der Waals surface area contributed by atoms with Gasteiger partial charge in [0.15, 0.2) is 0 Å². The summed E-state index contributed by atoms with van der Waals surface area (Å²) in [5.41, 5.74) is 2.45. The number of rotatable bonds is 4. The average molecular weight is 233 g/mol. The molecule has 0 aliphatic rings. The summed E-state index contributed by atoms with van der Waals surface area (Å²) in [6, 6.07) is 5.88. The maximum atomic E-state index is 12.0. The molecule has 5 heteroatoms. The summed E-state index contributed by atoms with van der Waals surface area (Å²) < 4.78 is 35.9. The first-order chi connectivity index (χ1) is 6.87. The molecule has 84 valence electrons. The Morgan fingerprint density at radius 2 is 1.60 bits per heavy atom. The van der Waals surface area contributed by atoms with Crippen LogP contribution in [0.25, 0.3) is 0 Å². The van der Waals surface area contributed by atoms with Crippen LogP contribution in [0.5, 0.6) is 0 Å².